The lowest BCUT2D eigenvalue weighted by Crippen LogP contribution is -2.35. The predicted octanol–water partition coefficient (Wildman–Crippen LogP) is 3.33. The van der Waals surface area contributed by atoms with E-state index in [9.17, 15) is 0 Å². The number of benzene rings is 2. The van der Waals surface area contributed by atoms with E-state index in [1.54, 1.807) is 0 Å². The van der Waals surface area contributed by atoms with Gasteiger partial charge in [0, 0.05) is 22.5 Å². The first-order valence-corrected chi connectivity index (χ1v) is 7.48. The summed E-state index contributed by atoms with van der Waals surface area (Å²) in [5, 5.41) is 5.72. The molecule has 1 fully saturated rings. The first kappa shape index (κ1) is 13.3. The van der Waals surface area contributed by atoms with Gasteiger partial charge in [0.25, 0.3) is 0 Å². The van der Waals surface area contributed by atoms with Crippen LogP contribution in [0.3, 0.4) is 0 Å². The van der Waals surface area contributed by atoms with Crippen LogP contribution in [0.25, 0.3) is 10.8 Å². The Hall–Kier alpha value is -1.74. The standard InChI is InChI=1S/C17H22N2O/c18-16-8-9-17(15-7-2-1-6-14(15)16)20-12-10-13-5-3-4-11-19-13/h1-2,6-9,13,19H,3-5,10-12,18H2. The summed E-state index contributed by atoms with van der Waals surface area (Å²) in [5.74, 6) is 0.936. The van der Waals surface area contributed by atoms with E-state index >= 15 is 0 Å². The smallest absolute Gasteiger partial charge is 0.127 e. The van der Waals surface area contributed by atoms with Gasteiger partial charge >= 0.3 is 0 Å². The third kappa shape index (κ3) is 2.88. The number of rotatable bonds is 4. The van der Waals surface area contributed by atoms with Gasteiger partial charge in [0.15, 0.2) is 0 Å². The molecule has 3 N–H and O–H groups in total. The van der Waals surface area contributed by atoms with Crippen LogP contribution in [0.5, 0.6) is 5.75 Å². The molecular weight excluding hydrogens is 248 g/mol. The second-order valence-electron chi connectivity index (χ2n) is 5.48. The van der Waals surface area contributed by atoms with Crippen LogP contribution in [0, 0.1) is 0 Å². The van der Waals surface area contributed by atoms with Crippen LogP contribution >= 0.6 is 0 Å². The Morgan fingerprint density at radius 3 is 2.75 bits per heavy atom. The number of nitrogens with one attached hydrogen (secondary N) is 1. The topological polar surface area (TPSA) is 47.3 Å². The van der Waals surface area contributed by atoms with E-state index in [-0.39, 0.29) is 0 Å². The average Bonchev–Trinajstić information content (AvgIpc) is 2.51. The van der Waals surface area contributed by atoms with Gasteiger partial charge in [0.05, 0.1) is 6.61 Å². The third-order valence-corrected chi connectivity index (χ3v) is 4.05. The van der Waals surface area contributed by atoms with E-state index in [4.69, 9.17) is 10.5 Å². The number of hydrogen-bond donors (Lipinski definition) is 2. The van der Waals surface area contributed by atoms with Gasteiger partial charge in [0.2, 0.25) is 0 Å². The second kappa shape index (κ2) is 6.14. The maximum atomic E-state index is 6.01. The fraction of sp³-hybridized carbons (Fsp3) is 0.412. The van der Waals surface area contributed by atoms with Crippen molar-refractivity contribution in [1.29, 1.82) is 0 Å². The first-order chi connectivity index (χ1) is 9.84. The third-order valence-electron chi connectivity index (χ3n) is 4.05. The van der Waals surface area contributed by atoms with Gasteiger partial charge in [0.1, 0.15) is 5.75 Å². The van der Waals surface area contributed by atoms with Crippen LogP contribution < -0.4 is 15.8 Å². The fourth-order valence-electron chi connectivity index (χ4n) is 2.90. The van der Waals surface area contributed by atoms with Crippen molar-refractivity contribution in [3.8, 4) is 5.75 Å². The number of piperidine rings is 1. The molecule has 0 saturated carbocycles. The largest absolute Gasteiger partial charge is 0.493 e. The Morgan fingerprint density at radius 2 is 1.95 bits per heavy atom. The molecule has 0 radical (unpaired) electrons. The van der Waals surface area contributed by atoms with Crippen molar-refractivity contribution in [3.05, 3.63) is 36.4 Å². The zero-order valence-electron chi connectivity index (χ0n) is 11.8. The normalized spacial score (nSPS) is 19.1. The lowest BCUT2D eigenvalue weighted by atomic mass is 10.0. The number of nitrogen functional groups attached to an aromatic ring is 1. The van der Waals surface area contributed by atoms with E-state index in [1.165, 1.54) is 19.3 Å². The van der Waals surface area contributed by atoms with Gasteiger partial charge in [-0.3, -0.25) is 0 Å². The number of nitrogens with two attached hydrogens (primary N) is 1. The molecular formula is C17H22N2O. The molecule has 2 aromatic carbocycles. The van der Waals surface area contributed by atoms with E-state index in [2.05, 4.69) is 11.4 Å². The summed E-state index contributed by atoms with van der Waals surface area (Å²) >= 11 is 0. The number of ether oxygens (including phenoxy) is 1. The number of fused-ring (bicyclic) bond motifs is 1. The van der Waals surface area contributed by atoms with E-state index < -0.39 is 0 Å². The van der Waals surface area contributed by atoms with Crippen LogP contribution in [0.15, 0.2) is 36.4 Å². The lowest BCUT2D eigenvalue weighted by Gasteiger charge is -2.23. The Morgan fingerprint density at radius 1 is 1.10 bits per heavy atom. The van der Waals surface area contributed by atoms with Crippen molar-refractivity contribution in [2.75, 3.05) is 18.9 Å². The highest BCUT2D eigenvalue weighted by atomic mass is 16.5. The second-order valence-corrected chi connectivity index (χ2v) is 5.48. The lowest BCUT2D eigenvalue weighted by molar-refractivity contribution is 0.270. The SMILES string of the molecule is Nc1ccc(OCCC2CCCCN2)c2ccccc12. The van der Waals surface area contributed by atoms with Gasteiger partial charge in [-0.15, -0.1) is 0 Å². The Labute approximate surface area is 120 Å². The molecule has 1 saturated heterocycles. The minimum absolute atomic E-state index is 0.615. The zero-order chi connectivity index (χ0) is 13.8. The molecule has 2 aromatic rings. The van der Waals surface area contributed by atoms with Crippen molar-refractivity contribution >= 4 is 16.5 Å². The molecule has 106 valence electrons. The van der Waals surface area contributed by atoms with Crippen LogP contribution in [0.2, 0.25) is 0 Å². The summed E-state index contributed by atoms with van der Waals surface area (Å²) < 4.78 is 5.98. The van der Waals surface area contributed by atoms with Gasteiger partial charge < -0.3 is 15.8 Å². The summed E-state index contributed by atoms with van der Waals surface area (Å²) in [6.07, 6.45) is 4.98. The van der Waals surface area contributed by atoms with Crippen molar-refractivity contribution in [2.45, 2.75) is 31.7 Å². The number of anilines is 1. The summed E-state index contributed by atoms with van der Waals surface area (Å²) in [6.45, 7) is 1.90. The molecule has 0 amide bonds. The Balaban J connectivity index is 1.67. The molecule has 3 heteroatoms. The highest BCUT2D eigenvalue weighted by Gasteiger charge is 2.12. The van der Waals surface area contributed by atoms with Crippen molar-refractivity contribution < 1.29 is 4.74 Å². The number of hydrogen-bond acceptors (Lipinski definition) is 3. The van der Waals surface area contributed by atoms with Crippen molar-refractivity contribution in [1.82, 2.24) is 5.32 Å². The fourth-order valence-corrected chi connectivity index (χ4v) is 2.90. The molecule has 3 rings (SSSR count). The van der Waals surface area contributed by atoms with Crippen molar-refractivity contribution in [2.24, 2.45) is 0 Å². The molecule has 20 heavy (non-hydrogen) atoms. The Bertz CT molecular complexity index is 576. The van der Waals surface area contributed by atoms with Gasteiger partial charge in [-0.05, 0) is 37.9 Å². The molecule has 0 aromatic heterocycles. The van der Waals surface area contributed by atoms with Gasteiger partial charge in [-0.2, -0.15) is 0 Å². The molecule has 0 spiro atoms. The van der Waals surface area contributed by atoms with Gasteiger partial charge in [-0.1, -0.05) is 30.7 Å². The molecule has 1 atom stereocenters. The first-order valence-electron chi connectivity index (χ1n) is 7.48. The van der Waals surface area contributed by atoms with Crippen LogP contribution in [-0.4, -0.2) is 19.2 Å². The minimum atomic E-state index is 0.615. The summed E-state index contributed by atoms with van der Waals surface area (Å²) in [4.78, 5) is 0. The predicted molar refractivity (Wildman–Crippen MR) is 84.1 cm³/mol. The maximum absolute atomic E-state index is 6.01. The highest BCUT2D eigenvalue weighted by molar-refractivity contribution is 5.96. The van der Waals surface area contributed by atoms with E-state index in [1.807, 2.05) is 30.3 Å². The monoisotopic (exact) mass is 270 g/mol. The molecule has 0 aliphatic carbocycles. The Kier molecular flexibility index (Phi) is 4.07. The van der Waals surface area contributed by atoms with Crippen LogP contribution in [-0.2, 0) is 0 Å². The minimum Gasteiger partial charge on any atom is -0.493 e. The molecule has 0 bridgehead atoms. The molecule has 1 heterocycles. The van der Waals surface area contributed by atoms with E-state index in [0.717, 1.165) is 41.8 Å². The van der Waals surface area contributed by atoms with Crippen LogP contribution in [0.4, 0.5) is 5.69 Å². The van der Waals surface area contributed by atoms with E-state index in [0.29, 0.717) is 6.04 Å². The molecule has 1 aliphatic heterocycles. The molecule has 1 aliphatic rings. The zero-order valence-corrected chi connectivity index (χ0v) is 11.8. The van der Waals surface area contributed by atoms with Crippen molar-refractivity contribution in [3.63, 3.8) is 0 Å². The molecule has 1 unspecified atom stereocenters. The average molecular weight is 270 g/mol. The maximum Gasteiger partial charge on any atom is 0.127 e. The van der Waals surface area contributed by atoms with Gasteiger partial charge in [-0.25, -0.2) is 0 Å². The summed E-state index contributed by atoms with van der Waals surface area (Å²) in [7, 11) is 0. The highest BCUT2D eigenvalue weighted by Crippen LogP contribution is 2.30. The summed E-state index contributed by atoms with van der Waals surface area (Å²) in [6, 6.07) is 12.7. The molecule has 3 nitrogen and oxygen atoms in total. The quantitative estimate of drug-likeness (QED) is 0.838. The van der Waals surface area contributed by atoms with Crippen LogP contribution in [0.1, 0.15) is 25.7 Å². The summed E-state index contributed by atoms with van der Waals surface area (Å²) in [5.41, 5.74) is 6.81.